The number of nitrogens with one attached hydrogen (secondary N) is 1. The van der Waals surface area contributed by atoms with E-state index in [9.17, 15) is 26.4 Å². The first-order valence-corrected chi connectivity index (χ1v) is 10.9. The molecule has 0 aliphatic heterocycles. The van der Waals surface area contributed by atoms with E-state index >= 15 is 0 Å². The maximum absolute atomic E-state index is 13.2. The number of aromatic nitrogens is 2. The number of carbonyl (C=O) groups is 1. The van der Waals surface area contributed by atoms with E-state index in [4.69, 9.17) is 4.74 Å². The molecular weight excluding hydrogens is 435 g/mol. The number of sulfonamides is 1. The van der Waals surface area contributed by atoms with Crippen LogP contribution in [0.3, 0.4) is 0 Å². The Morgan fingerprint density at radius 3 is 2.52 bits per heavy atom. The summed E-state index contributed by atoms with van der Waals surface area (Å²) in [6, 6.07) is 6.01. The number of benzene rings is 1. The molecule has 0 radical (unpaired) electrons. The van der Waals surface area contributed by atoms with Crippen molar-refractivity contribution in [1.29, 1.82) is 0 Å². The van der Waals surface area contributed by atoms with Crippen molar-refractivity contribution >= 4 is 21.8 Å². The second kappa shape index (κ2) is 8.96. The minimum atomic E-state index is -4.63. The largest absolute Gasteiger partial charge is 0.449 e. The van der Waals surface area contributed by atoms with Gasteiger partial charge in [0.05, 0.1) is 22.9 Å². The number of allylic oxidation sites excluding steroid dienone is 4. The lowest BCUT2D eigenvalue weighted by Crippen LogP contribution is -2.31. The van der Waals surface area contributed by atoms with Crippen LogP contribution in [0.4, 0.5) is 18.0 Å². The van der Waals surface area contributed by atoms with Gasteiger partial charge in [0.2, 0.25) is 0 Å². The highest BCUT2D eigenvalue weighted by Gasteiger charge is 2.35. The number of nitrogens with zero attached hydrogens (tertiary/aromatic N) is 2. The summed E-state index contributed by atoms with van der Waals surface area (Å²) in [7, 11) is -4.19. The molecule has 0 saturated carbocycles. The zero-order valence-corrected chi connectivity index (χ0v) is 17.3. The van der Waals surface area contributed by atoms with Gasteiger partial charge in [-0.2, -0.15) is 18.3 Å². The highest BCUT2D eigenvalue weighted by Crippen LogP contribution is 2.34. The Bertz CT molecular complexity index is 1120. The fraction of sp³-hybridized carbons (Fsp3) is 0.300. The van der Waals surface area contributed by atoms with Crippen molar-refractivity contribution in [2.24, 2.45) is 0 Å². The maximum atomic E-state index is 13.2. The van der Waals surface area contributed by atoms with Gasteiger partial charge < -0.3 is 4.74 Å². The first-order chi connectivity index (χ1) is 14.6. The van der Waals surface area contributed by atoms with Gasteiger partial charge in [-0.1, -0.05) is 31.2 Å². The normalized spacial score (nSPS) is 14.3. The summed E-state index contributed by atoms with van der Waals surface area (Å²) < 4.78 is 72.0. The lowest BCUT2D eigenvalue weighted by Gasteiger charge is -2.12. The standard InChI is InChI=1S/C20H20F3N3O4S/c1-2-12-30-19(27)25-31(28,29)16-10-8-14(9-11-16)17-13-18(20(21,22)23)24-26(17)15-6-4-3-5-7-15/h4,6-11,13H,2-3,5,12H2,1H3,(H,25,27). The Morgan fingerprint density at radius 1 is 1.23 bits per heavy atom. The highest BCUT2D eigenvalue weighted by molar-refractivity contribution is 7.90. The Balaban J connectivity index is 1.93. The molecule has 1 amide bonds. The molecule has 11 heteroatoms. The van der Waals surface area contributed by atoms with E-state index in [-0.39, 0.29) is 17.2 Å². The van der Waals surface area contributed by atoms with Gasteiger partial charge in [0, 0.05) is 5.56 Å². The fourth-order valence-electron chi connectivity index (χ4n) is 2.88. The minimum absolute atomic E-state index is 0.0656. The van der Waals surface area contributed by atoms with Crippen molar-refractivity contribution in [3.63, 3.8) is 0 Å². The summed E-state index contributed by atoms with van der Waals surface area (Å²) in [4.78, 5) is 11.3. The molecule has 3 rings (SSSR count). The Labute approximate surface area is 177 Å². The predicted molar refractivity (Wildman–Crippen MR) is 107 cm³/mol. The molecule has 0 saturated heterocycles. The first kappa shape index (κ1) is 22.6. The van der Waals surface area contributed by atoms with Gasteiger partial charge in [0.1, 0.15) is 0 Å². The number of alkyl halides is 3. The molecular formula is C20H20F3N3O4S. The van der Waals surface area contributed by atoms with Crippen LogP contribution in [0.25, 0.3) is 17.0 Å². The van der Waals surface area contributed by atoms with Gasteiger partial charge in [0.25, 0.3) is 10.0 Å². The van der Waals surface area contributed by atoms with Crippen LogP contribution < -0.4 is 4.72 Å². The molecule has 1 aromatic heterocycles. The van der Waals surface area contributed by atoms with Crippen molar-refractivity contribution in [1.82, 2.24) is 14.5 Å². The summed E-state index contributed by atoms with van der Waals surface area (Å²) in [6.07, 6.45) is 1.55. The molecule has 0 atom stereocenters. The number of rotatable bonds is 6. The van der Waals surface area contributed by atoms with E-state index in [0.717, 1.165) is 12.5 Å². The second-order valence-corrected chi connectivity index (χ2v) is 8.38. The van der Waals surface area contributed by atoms with Crippen LogP contribution in [-0.4, -0.2) is 30.9 Å². The minimum Gasteiger partial charge on any atom is -0.449 e. The summed E-state index contributed by atoms with van der Waals surface area (Å²) in [5.74, 6) is 0. The number of ether oxygens (including phenoxy) is 1. The molecule has 0 bridgehead atoms. The van der Waals surface area contributed by atoms with E-state index in [1.165, 1.54) is 28.9 Å². The van der Waals surface area contributed by atoms with Crippen LogP contribution >= 0.6 is 0 Å². The third-order valence-corrected chi connectivity index (χ3v) is 5.66. The average molecular weight is 455 g/mol. The predicted octanol–water partition coefficient (Wildman–Crippen LogP) is 4.58. The molecule has 0 unspecified atom stereocenters. The third-order valence-electron chi connectivity index (χ3n) is 4.34. The van der Waals surface area contributed by atoms with Crippen LogP contribution in [0, 0.1) is 0 Å². The Morgan fingerprint density at radius 2 is 1.94 bits per heavy atom. The number of hydrogen-bond acceptors (Lipinski definition) is 5. The topological polar surface area (TPSA) is 90.3 Å². The van der Waals surface area contributed by atoms with Gasteiger partial charge in [-0.3, -0.25) is 0 Å². The zero-order chi connectivity index (χ0) is 22.6. The fourth-order valence-corrected chi connectivity index (χ4v) is 3.77. The monoisotopic (exact) mass is 455 g/mol. The summed E-state index contributed by atoms with van der Waals surface area (Å²) in [5.41, 5.74) is -0.0760. The van der Waals surface area contributed by atoms with Crippen molar-refractivity contribution in [2.45, 2.75) is 37.3 Å². The number of amides is 1. The second-order valence-electron chi connectivity index (χ2n) is 6.70. The van der Waals surface area contributed by atoms with Crippen molar-refractivity contribution in [3.05, 3.63) is 54.3 Å². The number of carbonyl (C=O) groups excluding carboxylic acids is 1. The summed E-state index contributed by atoms with van der Waals surface area (Å²) in [5, 5.41) is 3.70. The van der Waals surface area contributed by atoms with Gasteiger partial charge in [-0.15, -0.1) is 0 Å². The van der Waals surface area contributed by atoms with E-state index < -0.39 is 28.0 Å². The molecule has 1 aliphatic rings. The Hall–Kier alpha value is -3.08. The average Bonchev–Trinajstić information content (AvgIpc) is 3.19. The van der Waals surface area contributed by atoms with Crippen molar-refractivity contribution < 1.29 is 31.1 Å². The quantitative estimate of drug-likeness (QED) is 0.688. The van der Waals surface area contributed by atoms with Gasteiger partial charge in [-0.05, 0) is 43.5 Å². The van der Waals surface area contributed by atoms with E-state index in [2.05, 4.69) is 5.10 Å². The molecule has 31 heavy (non-hydrogen) atoms. The molecule has 2 aromatic rings. The van der Waals surface area contributed by atoms with Crippen molar-refractivity contribution in [2.75, 3.05) is 6.61 Å². The van der Waals surface area contributed by atoms with Crippen LogP contribution in [-0.2, 0) is 20.9 Å². The molecule has 1 aliphatic carbocycles. The summed E-state index contributed by atoms with van der Waals surface area (Å²) in [6.45, 7) is 1.82. The smallest absolute Gasteiger partial charge is 0.435 e. The lowest BCUT2D eigenvalue weighted by molar-refractivity contribution is -0.141. The molecule has 7 nitrogen and oxygen atoms in total. The van der Waals surface area contributed by atoms with E-state index in [0.29, 0.717) is 24.1 Å². The SMILES string of the molecule is CCCOC(=O)NS(=O)(=O)c1ccc(-c2cc(C(F)(F)F)nn2C2=CCCC=C2)cc1. The third kappa shape index (κ3) is 5.35. The highest BCUT2D eigenvalue weighted by atomic mass is 32.2. The Kier molecular flexibility index (Phi) is 6.54. The summed E-state index contributed by atoms with van der Waals surface area (Å²) >= 11 is 0. The van der Waals surface area contributed by atoms with E-state index in [1.807, 2.05) is 6.08 Å². The molecule has 0 spiro atoms. The molecule has 166 valence electrons. The van der Waals surface area contributed by atoms with Gasteiger partial charge >= 0.3 is 12.3 Å². The lowest BCUT2D eigenvalue weighted by atomic mass is 10.1. The zero-order valence-electron chi connectivity index (χ0n) is 16.5. The first-order valence-electron chi connectivity index (χ1n) is 9.46. The van der Waals surface area contributed by atoms with Gasteiger partial charge in [-0.25, -0.2) is 22.6 Å². The van der Waals surface area contributed by atoms with Crippen LogP contribution in [0.2, 0.25) is 0 Å². The molecule has 0 fully saturated rings. The molecule has 1 heterocycles. The molecule has 1 N–H and O–H groups in total. The number of halogens is 3. The van der Waals surface area contributed by atoms with Crippen LogP contribution in [0.15, 0.2) is 53.5 Å². The van der Waals surface area contributed by atoms with Crippen LogP contribution in [0.5, 0.6) is 0 Å². The maximum Gasteiger partial charge on any atom is 0.435 e. The van der Waals surface area contributed by atoms with E-state index in [1.54, 1.807) is 23.8 Å². The van der Waals surface area contributed by atoms with Crippen molar-refractivity contribution in [3.8, 4) is 11.3 Å². The van der Waals surface area contributed by atoms with Gasteiger partial charge in [0.15, 0.2) is 5.69 Å². The van der Waals surface area contributed by atoms with Crippen LogP contribution in [0.1, 0.15) is 31.9 Å². The number of hydrogen-bond donors (Lipinski definition) is 1. The molecule has 1 aromatic carbocycles.